The van der Waals surface area contributed by atoms with Gasteiger partial charge in [0.25, 0.3) is 0 Å². The van der Waals surface area contributed by atoms with E-state index in [2.05, 4.69) is 15.6 Å². The summed E-state index contributed by atoms with van der Waals surface area (Å²) in [4.78, 5) is 4.16. The summed E-state index contributed by atoms with van der Waals surface area (Å²) in [7, 11) is 3.33. The Balaban J connectivity index is 0.00000312. The van der Waals surface area contributed by atoms with Crippen molar-refractivity contribution < 1.29 is 9.13 Å². The predicted octanol–water partition coefficient (Wildman–Crippen LogP) is 4.01. The van der Waals surface area contributed by atoms with Crippen molar-refractivity contribution in [2.45, 2.75) is 13.0 Å². The molecule has 0 aliphatic rings. The Bertz CT molecular complexity index is 675. The molecule has 2 aromatic carbocycles. The quantitative estimate of drug-likeness (QED) is 0.375. The van der Waals surface area contributed by atoms with Gasteiger partial charge in [0.1, 0.15) is 11.6 Å². The second-order valence-corrected chi connectivity index (χ2v) is 5.56. The number of hydrogen-bond donors (Lipinski definition) is 2. The van der Waals surface area contributed by atoms with Crippen molar-refractivity contribution in [1.29, 1.82) is 0 Å². The number of guanidine groups is 1. The molecule has 0 radical (unpaired) electrons. The maximum atomic E-state index is 13.7. The first kappa shape index (κ1) is 21.5. The van der Waals surface area contributed by atoms with Gasteiger partial charge in [-0.3, -0.25) is 4.99 Å². The average Bonchev–Trinajstić information content (AvgIpc) is 2.60. The van der Waals surface area contributed by atoms with Crippen LogP contribution >= 0.6 is 35.6 Å². The maximum absolute atomic E-state index is 13.7. The molecule has 2 N–H and O–H groups in total. The number of halogens is 3. The average molecular weight is 478 g/mol. The van der Waals surface area contributed by atoms with E-state index in [0.29, 0.717) is 36.1 Å². The van der Waals surface area contributed by atoms with Crippen molar-refractivity contribution in [3.8, 4) is 5.75 Å². The Morgan fingerprint density at radius 2 is 1.88 bits per heavy atom. The lowest BCUT2D eigenvalue weighted by molar-refractivity contribution is 0.414. The first-order valence-corrected chi connectivity index (χ1v) is 8.02. The number of ether oxygens (including phenoxy) is 1. The fourth-order valence-corrected chi connectivity index (χ4v) is 2.48. The van der Waals surface area contributed by atoms with Gasteiger partial charge in [-0.2, -0.15) is 0 Å². The minimum absolute atomic E-state index is 0. The monoisotopic (exact) mass is 477 g/mol. The summed E-state index contributed by atoms with van der Waals surface area (Å²) >= 11 is 6.02. The highest BCUT2D eigenvalue weighted by molar-refractivity contribution is 14.0. The predicted molar refractivity (Wildman–Crippen MR) is 112 cm³/mol. The molecule has 0 heterocycles. The summed E-state index contributed by atoms with van der Waals surface area (Å²) in [5.41, 5.74) is 1.62. The van der Waals surface area contributed by atoms with E-state index in [9.17, 15) is 4.39 Å². The molecular formula is C18H22ClFIN3O. The molecule has 0 aliphatic heterocycles. The molecule has 0 unspecified atom stereocenters. The molecule has 7 heteroatoms. The van der Waals surface area contributed by atoms with Crippen molar-refractivity contribution in [3.05, 3.63) is 64.4 Å². The van der Waals surface area contributed by atoms with Gasteiger partial charge in [0.15, 0.2) is 5.96 Å². The van der Waals surface area contributed by atoms with Crippen molar-refractivity contribution in [2.75, 3.05) is 20.7 Å². The Kier molecular flexibility index (Phi) is 9.59. The van der Waals surface area contributed by atoms with Crippen molar-refractivity contribution in [1.82, 2.24) is 10.6 Å². The van der Waals surface area contributed by atoms with Gasteiger partial charge in [-0.1, -0.05) is 29.8 Å². The third-order valence-corrected chi connectivity index (χ3v) is 3.93. The fraction of sp³-hybridized carbons (Fsp3) is 0.278. The minimum atomic E-state index is -0.287. The van der Waals surface area contributed by atoms with E-state index in [1.807, 2.05) is 24.3 Å². The van der Waals surface area contributed by atoms with Gasteiger partial charge in [-0.15, -0.1) is 24.0 Å². The lowest BCUT2D eigenvalue weighted by atomic mass is 10.1. The van der Waals surface area contributed by atoms with Gasteiger partial charge < -0.3 is 15.4 Å². The Hall–Kier alpha value is -1.54. The van der Waals surface area contributed by atoms with Gasteiger partial charge in [0.05, 0.1) is 7.11 Å². The standard InChI is InChI=1S/C18H21ClFN3O.HI/c1-21-18(23-12-13-6-8-14(24-2)9-7-13)22-11-10-15-16(19)4-3-5-17(15)20;/h3-9H,10-12H2,1-2H3,(H2,21,22,23);1H. The molecule has 0 spiro atoms. The van der Waals surface area contributed by atoms with E-state index in [0.717, 1.165) is 11.3 Å². The van der Waals surface area contributed by atoms with Crippen LogP contribution in [0.4, 0.5) is 4.39 Å². The first-order chi connectivity index (χ1) is 11.6. The maximum Gasteiger partial charge on any atom is 0.191 e. The molecule has 2 rings (SSSR count). The number of hydrogen-bond acceptors (Lipinski definition) is 2. The van der Waals surface area contributed by atoms with Crippen LogP contribution in [0.25, 0.3) is 0 Å². The number of methoxy groups -OCH3 is 1. The molecule has 4 nitrogen and oxygen atoms in total. The van der Waals surface area contributed by atoms with Gasteiger partial charge in [-0.05, 0) is 36.2 Å². The first-order valence-electron chi connectivity index (χ1n) is 7.64. The van der Waals surface area contributed by atoms with Crippen molar-refractivity contribution in [3.63, 3.8) is 0 Å². The van der Waals surface area contributed by atoms with Crippen LogP contribution in [0, 0.1) is 5.82 Å². The van der Waals surface area contributed by atoms with Crippen LogP contribution in [-0.2, 0) is 13.0 Å². The molecule has 2 aromatic rings. The number of benzene rings is 2. The molecule has 0 atom stereocenters. The highest BCUT2D eigenvalue weighted by Crippen LogP contribution is 2.18. The molecular weight excluding hydrogens is 456 g/mol. The summed E-state index contributed by atoms with van der Waals surface area (Å²) < 4.78 is 18.9. The summed E-state index contributed by atoms with van der Waals surface area (Å²) in [5, 5.41) is 6.81. The summed E-state index contributed by atoms with van der Waals surface area (Å²) in [5.74, 6) is 1.19. The zero-order valence-electron chi connectivity index (χ0n) is 14.2. The fourth-order valence-electron chi connectivity index (χ4n) is 2.23. The van der Waals surface area contributed by atoms with Crippen LogP contribution in [0.15, 0.2) is 47.5 Å². The smallest absolute Gasteiger partial charge is 0.191 e. The SMILES string of the molecule is CN=C(NCCc1c(F)cccc1Cl)NCc1ccc(OC)cc1.I. The molecule has 0 aromatic heterocycles. The van der Waals surface area contributed by atoms with Gasteiger partial charge in [0.2, 0.25) is 0 Å². The molecule has 0 fully saturated rings. The Morgan fingerprint density at radius 3 is 2.48 bits per heavy atom. The molecule has 0 bridgehead atoms. The summed E-state index contributed by atoms with van der Waals surface area (Å²) in [6.07, 6.45) is 0.481. The van der Waals surface area contributed by atoms with Crippen molar-refractivity contribution in [2.24, 2.45) is 4.99 Å². The second-order valence-electron chi connectivity index (χ2n) is 5.15. The van der Waals surface area contributed by atoms with E-state index in [4.69, 9.17) is 16.3 Å². The number of nitrogens with one attached hydrogen (secondary N) is 2. The lowest BCUT2D eigenvalue weighted by Gasteiger charge is -2.13. The molecule has 0 amide bonds. The van der Waals surface area contributed by atoms with E-state index >= 15 is 0 Å². The Morgan fingerprint density at radius 1 is 1.16 bits per heavy atom. The summed E-state index contributed by atoms with van der Waals surface area (Å²) in [6.45, 7) is 1.16. The molecule has 0 saturated carbocycles. The highest BCUT2D eigenvalue weighted by Gasteiger charge is 2.07. The third kappa shape index (κ3) is 6.70. The van der Waals surface area contributed by atoms with Crippen LogP contribution in [0.5, 0.6) is 5.75 Å². The Labute approximate surface area is 169 Å². The molecule has 25 heavy (non-hydrogen) atoms. The van der Waals surface area contributed by atoms with Crippen LogP contribution in [-0.4, -0.2) is 26.7 Å². The number of rotatable bonds is 6. The van der Waals surface area contributed by atoms with E-state index in [-0.39, 0.29) is 29.8 Å². The van der Waals surface area contributed by atoms with Gasteiger partial charge in [0, 0.05) is 30.7 Å². The lowest BCUT2D eigenvalue weighted by Crippen LogP contribution is -2.37. The van der Waals surface area contributed by atoms with Crippen LogP contribution in [0.3, 0.4) is 0 Å². The van der Waals surface area contributed by atoms with E-state index in [1.54, 1.807) is 26.3 Å². The van der Waals surface area contributed by atoms with E-state index < -0.39 is 0 Å². The third-order valence-electron chi connectivity index (χ3n) is 3.57. The largest absolute Gasteiger partial charge is 0.497 e. The van der Waals surface area contributed by atoms with Crippen molar-refractivity contribution >= 4 is 41.5 Å². The second kappa shape index (κ2) is 11.1. The van der Waals surface area contributed by atoms with Crippen LogP contribution in [0.1, 0.15) is 11.1 Å². The minimum Gasteiger partial charge on any atom is -0.497 e. The topological polar surface area (TPSA) is 45.7 Å². The summed E-state index contributed by atoms with van der Waals surface area (Å²) in [6, 6.07) is 12.5. The molecule has 0 aliphatic carbocycles. The zero-order valence-corrected chi connectivity index (χ0v) is 17.3. The van der Waals surface area contributed by atoms with Crippen LogP contribution in [0.2, 0.25) is 5.02 Å². The number of nitrogens with zero attached hydrogens (tertiary/aromatic N) is 1. The normalized spacial score (nSPS) is 10.8. The highest BCUT2D eigenvalue weighted by atomic mass is 127. The molecule has 0 saturated heterocycles. The molecule has 136 valence electrons. The zero-order chi connectivity index (χ0) is 17.4. The number of aliphatic imine (C=N–C) groups is 1. The van der Waals surface area contributed by atoms with Gasteiger partial charge >= 0.3 is 0 Å². The van der Waals surface area contributed by atoms with Gasteiger partial charge in [-0.25, -0.2) is 4.39 Å². The van der Waals surface area contributed by atoms with E-state index in [1.165, 1.54) is 6.07 Å². The van der Waals surface area contributed by atoms with Crippen LogP contribution < -0.4 is 15.4 Å².